The molecule has 0 saturated heterocycles. The van der Waals surface area contributed by atoms with Crippen LogP contribution in [-0.2, 0) is 12.0 Å². The molecule has 0 aliphatic heterocycles. The van der Waals surface area contributed by atoms with Crippen molar-refractivity contribution in [2.24, 2.45) is 5.73 Å². The maximum absolute atomic E-state index is 6.42. The van der Waals surface area contributed by atoms with E-state index in [1.807, 2.05) is 30.3 Å². The van der Waals surface area contributed by atoms with E-state index in [1.54, 1.807) is 0 Å². The van der Waals surface area contributed by atoms with Crippen LogP contribution in [0.25, 0.3) is 0 Å². The van der Waals surface area contributed by atoms with Gasteiger partial charge >= 0.3 is 0 Å². The van der Waals surface area contributed by atoms with Crippen molar-refractivity contribution in [2.75, 3.05) is 0 Å². The van der Waals surface area contributed by atoms with Crippen LogP contribution in [0.4, 0.5) is 0 Å². The third kappa shape index (κ3) is 3.82. The van der Waals surface area contributed by atoms with Crippen LogP contribution < -0.4 is 5.73 Å². The Bertz CT molecular complexity index is 520. The molecule has 0 spiro atoms. The first-order chi connectivity index (χ1) is 9.09. The molecule has 0 aromatic heterocycles. The predicted octanol–water partition coefficient (Wildman–Crippen LogP) is 4.54. The van der Waals surface area contributed by atoms with Gasteiger partial charge in [0.2, 0.25) is 0 Å². The van der Waals surface area contributed by atoms with Gasteiger partial charge in [0.25, 0.3) is 0 Å². The zero-order valence-corrected chi connectivity index (χ0v) is 12.0. The summed E-state index contributed by atoms with van der Waals surface area (Å²) in [5.41, 5.74) is 8.44. The summed E-state index contributed by atoms with van der Waals surface area (Å²) in [6.07, 6.45) is 3.03. The number of nitrogens with two attached hydrogens (primary N) is 1. The fourth-order valence-corrected chi connectivity index (χ4v) is 2.72. The normalized spacial score (nSPS) is 14.1. The highest BCUT2D eigenvalue weighted by Gasteiger charge is 2.22. The standard InChI is InChI=1S/C17H20ClN/c1-17(19,15-11-5-6-12-16(15)18)13-7-10-14-8-3-2-4-9-14/h2-6,8-9,11-12H,7,10,13,19H2,1H3. The van der Waals surface area contributed by atoms with Crippen LogP contribution in [0.1, 0.15) is 30.9 Å². The summed E-state index contributed by atoms with van der Waals surface area (Å²) in [5, 5.41) is 0.757. The minimum Gasteiger partial charge on any atom is -0.322 e. The van der Waals surface area contributed by atoms with E-state index in [2.05, 4.69) is 31.2 Å². The average Bonchev–Trinajstić information content (AvgIpc) is 2.40. The Morgan fingerprint density at radius 3 is 2.32 bits per heavy atom. The fourth-order valence-electron chi connectivity index (χ4n) is 2.36. The topological polar surface area (TPSA) is 26.0 Å². The van der Waals surface area contributed by atoms with E-state index < -0.39 is 0 Å². The third-order valence-corrected chi connectivity index (χ3v) is 3.82. The largest absolute Gasteiger partial charge is 0.322 e. The molecule has 2 N–H and O–H groups in total. The molecule has 1 unspecified atom stereocenters. The first-order valence-corrected chi connectivity index (χ1v) is 7.05. The van der Waals surface area contributed by atoms with Crippen LogP contribution in [0.15, 0.2) is 54.6 Å². The molecule has 2 aromatic carbocycles. The third-order valence-electron chi connectivity index (χ3n) is 3.49. The quantitative estimate of drug-likeness (QED) is 0.851. The van der Waals surface area contributed by atoms with Crippen molar-refractivity contribution in [2.45, 2.75) is 31.7 Å². The Balaban J connectivity index is 1.97. The Morgan fingerprint density at radius 2 is 1.63 bits per heavy atom. The Hall–Kier alpha value is -1.31. The van der Waals surface area contributed by atoms with Crippen LogP contribution in [0.5, 0.6) is 0 Å². The lowest BCUT2D eigenvalue weighted by molar-refractivity contribution is 0.436. The molecule has 0 fully saturated rings. The predicted molar refractivity (Wildman–Crippen MR) is 82.4 cm³/mol. The van der Waals surface area contributed by atoms with E-state index in [0.29, 0.717) is 0 Å². The van der Waals surface area contributed by atoms with Crippen molar-refractivity contribution >= 4 is 11.6 Å². The second-order valence-corrected chi connectivity index (χ2v) is 5.64. The van der Waals surface area contributed by atoms with Gasteiger partial charge in [-0.05, 0) is 43.4 Å². The highest BCUT2D eigenvalue weighted by atomic mass is 35.5. The van der Waals surface area contributed by atoms with Gasteiger partial charge in [-0.25, -0.2) is 0 Å². The number of halogens is 1. The molecule has 0 heterocycles. The van der Waals surface area contributed by atoms with Gasteiger partial charge in [-0.1, -0.05) is 60.1 Å². The molecule has 2 heteroatoms. The second kappa shape index (κ2) is 6.23. The summed E-state index contributed by atoms with van der Waals surface area (Å²) in [5.74, 6) is 0. The SMILES string of the molecule is CC(N)(CCCc1ccccc1)c1ccccc1Cl. The summed E-state index contributed by atoms with van der Waals surface area (Å²) >= 11 is 6.22. The average molecular weight is 274 g/mol. The molecule has 0 radical (unpaired) electrons. The van der Waals surface area contributed by atoms with Crippen LogP contribution >= 0.6 is 11.6 Å². The first-order valence-electron chi connectivity index (χ1n) is 6.67. The molecule has 0 aliphatic rings. The minimum absolute atomic E-state index is 0.368. The van der Waals surface area contributed by atoms with E-state index in [-0.39, 0.29) is 5.54 Å². The molecular weight excluding hydrogens is 254 g/mol. The van der Waals surface area contributed by atoms with E-state index in [9.17, 15) is 0 Å². The fraction of sp³-hybridized carbons (Fsp3) is 0.294. The lowest BCUT2D eigenvalue weighted by Crippen LogP contribution is -2.33. The molecule has 0 bridgehead atoms. The smallest absolute Gasteiger partial charge is 0.0456 e. The number of aryl methyl sites for hydroxylation is 1. The van der Waals surface area contributed by atoms with Crippen LogP contribution in [0.2, 0.25) is 5.02 Å². The highest BCUT2D eigenvalue weighted by Crippen LogP contribution is 2.29. The Kier molecular flexibility index (Phi) is 4.62. The zero-order valence-electron chi connectivity index (χ0n) is 11.3. The number of benzene rings is 2. The number of hydrogen-bond donors (Lipinski definition) is 1. The van der Waals surface area contributed by atoms with Gasteiger partial charge in [-0.3, -0.25) is 0 Å². The molecule has 2 aromatic rings. The van der Waals surface area contributed by atoms with Crippen molar-refractivity contribution in [3.05, 3.63) is 70.7 Å². The van der Waals surface area contributed by atoms with Gasteiger partial charge in [-0.15, -0.1) is 0 Å². The van der Waals surface area contributed by atoms with Crippen LogP contribution in [0.3, 0.4) is 0 Å². The summed E-state index contributed by atoms with van der Waals surface area (Å²) in [6.45, 7) is 2.05. The van der Waals surface area contributed by atoms with Gasteiger partial charge in [0.1, 0.15) is 0 Å². The molecule has 0 saturated carbocycles. The van der Waals surface area contributed by atoms with Gasteiger partial charge in [0, 0.05) is 10.6 Å². The van der Waals surface area contributed by atoms with Crippen molar-refractivity contribution in [3.8, 4) is 0 Å². The molecule has 0 amide bonds. The van der Waals surface area contributed by atoms with Crippen molar-refractivity contribution in [3.63, 3.8) is 0 Å². The summed E-state index contributed by atoms with van der Waals surface area (Å²) in [4.78, 5) is 0. The van der Waals surface area contributed by atoms with E-state index in [0.717, 1.165) is 29.8 Å². The maximum Gasteiger partial charge on any atom is 0.0456 e. The molecular formula is C17H20ClN. The van der Waals surface area contributed by atoms with E-state index in [4.69, 9.17) is 17.3 Å². The molecule has 1 nitrogen and oxygen atoms in total. The minimum atomic E-state index is -0.368. The summed E-state index contributed by atoms with van der Waals surface area (Å²) < 4.78 is 0. The van der Waals surface area contributed by atoms with Crippen molar-refractivity contribution in [1.29, 1.82) is 0 Å². The number of hydrogen-bond acceptors (Lipinski definition) is 1. The summed E-state index contributed by atoms with van der Waals surface area (Å²) in [7, 11) is 0. The molecule has 1 atom stereocenters. The lowest BCUT2D eigenvalue weighted by Gasteiger charge is -2.26. The van der Waals surface area contributed by atoms with Gasteiger partial charge in [0.05, 0.1) is 0 Å². The first kappa shape index (κ1) is 14.1. The van der Waals surface area contributed by atoms with Crippen LogP contribution in [-0.4, -0.2) is 0 Å². The monoisotopic (exact) mass is 273 g/mol. The number of rotatable bonds is 5. The van der Waals surface area contributed by atoms with Crippen molar-refractivity contribution in [1.82, 2.24) is 0 Å². The van der Waals surface area contributed by atoms with Crippen molar-refractivity contribution < 1.29 is 0 Å². The molecule has 19 heavy (non-hydrogen) atoms. The summed E-state index contributed by atoms with van der Waals surface area (Å²) in [6, 6.07) is 18.3. The van der Waals surface area contributed by atoms with Gasteiger partial charge in [0.15, 0.2) is 0 Å². The van der Waals surface area contributed by atoms with E-state index in [1.165, 1.54) is 5.56 Å². The van der Waals surface area contributed by atoms with E-state index >= 15 is 0 Å². The maximum atomic E-state index is 6.42. The zero-order chi connectivity index (χ0) is 13.7. The lowest BCUT2D eigenvalue weighted by atomic mass is 9.87. The molecule has 100 valence electrons. The van der Waals surface area contributed by atoms with Gasteiger partial charge < -0.3 is 5.73 Å². The van der Waals surface area contributed by atoms with Crippen LogP contribution in [0, 0.1) is 0 Å². The Morgan fingerprint density at radius 1 is 1.00 bits per heavy atom. The molecule has 2 rings (SSSR count). The van der Waals surface area contributed by atoms with Gasteiger partial charge in [-0.2, -0.15) is 0 Å². The highest BCUT2D eigenvalue weighted by molar-refractivity contribution is 6.31. The molecule has 0 aliphatic carbocycles. The Labute approximate surface area is 120 Å². The second-order valence-electron chi connectivity index (χ2n) is 5.24.